The van der Waals surface area contributed by atoms with E-state index in [2.05, 4.69) is 27.0 Å². The molecule has 3 rings (SSSR count). The topological polar surface area (TPSA) is 66.5 Å². The maximum Gasteiger partial charge on any atom is 0.203 e. The lowest BCUT2D eigenvalue weighted by Gasteiger charge is -2.36. The highest BCUT2D eigenvalue weighted by molar-refractivity contribution is 5.65. The Morgan fingerprint density at radius 1 is 1.47 bits per heavy atom. The second-order valence-corrected chi connectivity index (χ2v) is 5.39. The fourth-order valence-electron chi connectivity index (χ4n) is 3.04. The lowest BCUT2D eigenvalue weighted by atomic mass is 9.93. The molecule has 1 unspecified atom stereocenters. The smallest absolute Gasteiger partial charge is 0.203 e. The average molecular weight is 261 g/mol. The Hall–Kier alpha value is -1.69. The number of anilines is 1. The molecule has 1 atom stereocenters. The van der Waals surface area contributed by atoms with Crippen LogP contribution in [0.2, 0.25) is 0 Å². The zero-order valence-corrected chi connectivity index (χ0v) is 11.2. The van der Waals surface area contributed by atoms with Crippen LogP contribution in [0.25, 0.3) is 5.65 Å². The highest BCUT2D eigenvalue weighted by Crippen LogP contribution is 2.37. The number of hydrogen-bond donors (Lipinski definition) is 1. The maximum absolute atomic E-state index is 9.08. The van der Waals surface area contributed by atoms with Crippen molar-refractivity contribution in [2.45, 2.75) is 38.1 Å². The Balaban J connectivity index is 1.98. The Labute approximate surface area is 112 Å². The van der Waals surface area contributed by atoms with E-state index >= 15 is 0 Å². The summed E-state index contributed by atoms with van der Waals surface area (Å²) in [6.07, 6.45) is 9.42. The molecule has 2 aromatic heterocycles. The molecule has 0 amide bonds. The van der Waals surface area contributed by atoms with Crippen molar-refractivity contribution in [1.82, 2.24) is 19.6 Å². The molecule has 1 aliphatic heterocycles. The minimum absolute atomic E-state index is 0.0591. The predicted octanol–water partition coefficient (Wildman–Crippen LogP) is 1.26. The van der Waals surface area contributed by atoms with Crippen molar-refractivity contribution in [2.75, 3.05) is 18.1 Å². The molecule has 0 spiro atoms. The van der Waals surface area contributed by atoms with Crippen LogP contribution in [0, 0.1) is 0 Å². The molecule has 6 nitrogen and oxygen atoms in total. The first-order chi connectivity index (χ1) is 9.24. The molecule has 19 heavy (non-hydrogen) atoms. The molecule has 1 aliphatic rings. The Morgan fingerprint density at radius 2 is 2.37 bits per heavy atom. The summed E-state index contributed by atoms with van der Waals surface area (Å²) in [5, 5.41) is 17.2. The van der Waals surface area contributed by atoms with Gasteiger partial charge in [0.15, 0.2) is 5.82 Å². The summed E-state index contributed by atoms with van der Waals surface area (Å²) in [6, 6.07) is 0. The van der Waals surface area contributed by atoms with Crippen LogP contribution < -0.4 is 4.90 Å². The SMILES string of the molecule is CC1(CCCO)CCCN1c1nccn2cnnc12. The quantitative estimate of drug-likeness (QED) is 0.897. The molecule has 1 saturated heterocycles. The van der Waals surface area contributed by atoms with E-state index in [0.717, 1.165) is 43.7 Å². The van der Waals surface area contributed by atoms with Gasteiger partial charge < -0.3 is 10.0 Å². The van der Waals surface area contributed by atoms with Gasteiger partial charge in [-0.2, -0.15) is 0 Å². The molecule has 0 aromatic carbocycles. The summed E-state index contributed by atoms with van der Waals surface area (Å²) in [7, 11) is 0. The summed E-state index contributed by atoms with van der Waals surface area (Å²) in [4.78, 5) is 6.83. The highest BCUT2D eigenvalue weighted by atomic mass is 16.2. The second-order valence-electron chi connectivity index (χ2n) is 5.39. The monoisotopic (exact) mass is 261 g/mol. The van der Waals surface area contributed by atoms with Crippen molar-refractivity contribution in [3.8, 4) is 0 Å². The number of rotatable bonds is 4. The van der Waals surface area contributed by atoms with Crippen molar-refractivity contribution in [3.05, 3.63) is 18.7 Å². The molecule has 0 bridgehead atoms. The standard InChI is InChI=1S/C13H19N5O/c1-13(5-3-9-19)4-2-7-18(13)11-12-16-15-10-17(12)8-6-14-11/h6,8,10,19H,2-5,7,9H2,1H3. The molecular formula is C13H19N5O. The third-order valence-electron chi connectivity index (χ3n) is 4.08. The Kier molecular flexibility index (Phi) is 3.10. The van der Waals surface area contributed by atoms with Crippen LogP contribution in [0.3, 0.4) is 0 Å². The van der Waals surface area contributed by atoms with Gasteiger partial charge in [0.1, 0.15) is 6.33 Å². The van der Waals surface area contributed by atoms with Gasteiger partial charge >= 0.3 is 0 Å². The number of nitrogens with zero attached hydrogens (tertiary/aromatic N) is 5. The van der Waals surface area contributed by atoms with Gasteiger partial charge in [-0.15, -0.1) is 10.2 Å². The summed E-state index contributed by atoms with van der Waals surface area (Å²) in [5.74, 6) is 0.901. The van der Waals surface area contributed by atoms with Crippen LogP contribution in [-0.4, -0.2) is 43.4 Å². The predicted molar refractivity (Wildman–Crippen MR) is 72.1 cm³/mol. The molecule has 3 heterocycles. The van der Waals surface area contributed by atoms with E-state index in [1.807, 2.05) is 10.6 Å². The number of hydrogen-bond acceptors (Lipinski definition) is 5. The minimum Gasteiger partial charge on any atom is -0.396 e. The van der Waals surface area contributed by atoms with Gasteiger partial charge in [-0.1, -0.05) is 0 Å². The minimum atomic E-state index is 0.0591. The molecule has 1 fully saturated rings. The lowest BCUT2D eigenvalue weighted by Crippen LogP contribution is -2.42. The van der Waals surface area contributed by atoms with E-state index in [1.165, 1.54) is 0 Å². The molecule has 0 aliphatic carbocycles. The summed E-state index contributed by atoms with van der Waals surface area (Å²) >= 11 is 0. The van der Waals surface area contributed by atoms with E-state index in [0.29, 0.717) is 0 Å². The molecule has 0 saturated carbocycles. The van der Waals surface area contributed by atoms with E-state index in [4.69, 9.17) is 5.11 Å². The van der Waals surface area contributed by atoms with Gasteiger partial charge in [-0.3, -0.25) is 4.40 Å². The van der Waals surface area contributed by atoms with E-state index in [-0.39, 0.29) is 12.1 Å². The van der Waals surface area contributed by atoms with Crippen LogP contribution in [0.5, 0.6) is 0 Å². The Bertz CT molecular complexity index is 569. The highest BCUT2D eigenvalue weighted by Gasteiger charge is 2.37. The first-order valence-corrected chi connectivity index (χ1v) is 6.77. The van der Waals surface area contributed by atoms with Crippen molar-refractivity contribution < 1.29 is 5.11 Å². The first kappa shape index (κ1) is 12.3. The van der Waals surface area contributed by atoms with E-state index in [9.17, 15) is 0 Å². The number of aromatic nitrogens is 4. The molecule has 0 radical (unpaired) electrons. The summed E-state index contributed by atoms with van der Waals surface area (Å²) in [5.41, 5.74) is 0.864. The third kappa shape index (κ3) is 2.06. The molecule has 2 aromatic rings. The molecule has 1 N–H and O–H groups in total. The largest absolute Gasteiger partial charge is 0.396 e. The van der Waals surface area contributed by atoms with Gasteiger partial charge in [0.05, 0.1) is 0 Å². The molecule has 6 heteroatoms. The normalized spacial score (nSPS) is 23.4. The van der Waals surface area contributed by atoms with Gasteiger partial charge in [0, 0.05) is 31.1 Å². The van der Waals surface area contributed by atoms with Crippen LogP contribution in [0.4, 0.5) is 5.82 Å². The van der Waals surface area contributed by atoms with Crippen LogP contribution in [0.15, 0.2) is 18.7 Å². The van der Waals surface area contributed by atoms with Crippen molar-refractivity contribution in [1.29, 1.82) is 0 Å². The fourth-order valence-corrected chi connectivity index (χ4v) is 3.04. The second kappa shape index (κ2) is 4.77. The fraction of sp³-hybridized carbons (Fsp3) is 0.615. The van der Waals surface area contributed by atoms with E-state index < -0.39 is 0 Å². The van der Waals surface area contributed by atoms with Crippen molar-refractivity contribution in [2.24, 2.45) is 0 Å². The Morgan fingerprint density at radius 3 is 3.21 bits per heavy atom. The molecular weight excluding hydrogens is 242 g/mol. The first-order valence-electron chi connectivity index (χ1n) is 6.77. The van der Waals surface area contributed by atoms with Gasteiger partial charge in [-0.05, 0) is 32.6 Å². The summed E-state index contributed by atoms with van der Waals surface area (Å²) < 4.78 is 1.90. The van der Waals surface area contributed by atoms with Crippen LogP contribution in [0.1, 0.15) is 32.6 Å². The zero-order chi connectivity index (χ0) is 13.3. The zero-order valence-electron chi connectivity index (χ0n) is 11.2. The van der Waals surface area contributed by atoms with Crippen molar-refractivity contribution in [3.63, 3.8) is 0 Å². The number of aliphatic hydroxyl groups excluding tert-OH is 1. The van der Waals surface area contributed by atoms with Crippen LogP contribution >= 0.6 is 0 Å². The number of aliphatic hydroxyl groups is 1. The number of fused-ring (bicyclic) bond motifs is 1. The van der Waals surface area contributed by atoms with E-state index in [1.54, 1.807) is 12.5 Å². The summed E-state index contributed by atoms with van der Waals surface area (Å²) in [6.45, 7) is 3.48. The van der Waals surface area contributed by atoms with Crippen molar-refractivity contribution >= 4 is 11.5 Å². The molecule has 102 valence electrons. The lowest BCUT2D eigenvalue weighted by molar-refractivity contribution is 0.265. The third-order valence-corrected chi connectivity index (χ3v) is 4.08. The average Bonchev–Trinajstić information content (AvgIpc) is 3.03. The van der Waals surface area contributed by atoms with Gasteiger partial charge in [0.2, 0.25) is 5.65 Å². The van der Waals surface area contributed by atoms with Crippen LogP contribution in [-0.2, 0) is 0 Å². The maximum atomic E-state index is 9.08. The van der Waals surface area contributed by atoms with Gasteiger partial charge in [0.25, 0.3) is 0 Å². The van der Waals surface area contributed by atoms with Gasteiger partial charge in [-0.25, -0.2) is 4.98 Å².